The number of anilines is 1. The second kappa shape index (κ2) is 8.23. The molecule has 2 N–H and O–H groups in total. The van der Waals surface area contributed by atoms with E-state index in [0.29, 0.717) is 24.7 Å². The normalized spacial score (nSPS) is 19.7. The van der Waals surface area contributed by atoms with Gasteiger partial charge in [-0.1, -0.05) is 6.07 Å². The lowest BCUT2D eigenvalue weighted by molar-refractivity contribution is 0.207. The van der Waals surface area contributed by atoms with Crippen LogP contribution in [0.1, 0.15) is 37.1 Å². The highest BCUT2D eigenvalue weighted by molar-refractivity contribution is 5.77. The molecule has 4 aromatic heterocycles. The molecule has 0 saturated carbocycles. The predicted octanol–water partition coefficient (Wildman–Crippen LogP) is 3.27. The third-order valence-corrected chi connectivity index (χ3v) is 7.11. The van der Waals surface area contributed by atoms with Crippen LogP contribution in [0.5, 0.6) is 5.75 Å². The van der Waals surface area contributed by atoms with Gasteiger partial charge >= 0.3 is 6.03 Å². The van der Waals surface area contributed by atoms with E-state index in [1.54, 1.807) is 37.3 Å². The number of nitrogen functional groups attached to an aromatic ring is 1. The fraction of sp³-hybridized carbons (Fsp3) is 0.320. The van der Waals surface area contributed by atoms with E-state index in [2.05, 4.69) is 25.7 Å². The van der Waals surface area contributed by atoms with Crippen LogP contribution in [-0.2, 0) is 12.0 Å². The second-order valence-electron chi connectivity index (χ2n) is 9.25. The molecule has 1 fully saturated rings. The van der Waals surface area contributed by atoms with Crippen molar-refractivity contribution in [3.05, 3.63) is 72.8 Å². The van der Waals surface area contributed by atoms with Crippen molar-refractivity contribution < 1.29 is 9.53 Å². The van der Waals surface area contributed by atoms with Gasteiger partial charge in [-0.15, -0.1) is 0 Å². The predicted molar refractivity (Wildman–Crippen MR) is 129 cm³/mol. The van der Waals surface area contributed by atoms with Crippen LogP contribution < -0.4 is 10.5 Å². The molecule has 1 amide bonds. The summed E-state index contributed by atoms with van der Waals surface area (Å²) in [4.78, 5) is 27.3. The molecule has 10 heteroatoms. The number of aryl methyl sites for hydroxylation is 1. The maximum absolute atomic E-state index is 12.8. The van der Waals surface area contributed by atoms with Crippen molar-refractivity contribution >= 4 is 11.8 Å². The van der Waals surface area contributed by atoms with Crippen molar-refractivity contribution in [2.45, 2.75) is 37.8 Å². The van der Waals surface area contributed by atoms with Crippen molar-refractivity contribution in [1.82, 2.24) is 34.2 Å². The largest absolute Gasteiger partial charge is 0.482 e. The monoisotopic (exact) mass is 470 g/mol. The van der Waals surface area contributed by atoms with Gasteiger partial charge in [0.1, 0.15) is 12.4 Å². The molecule has 0 bridgehead atoms. The van der Waals surface area contributed by atoms with Gasteiger partial charge in [-0.25, -0.2) is 14.8 Å². The van der Waals surface area contributed by atoms with Gasteiger partial charge in [0, 0.05) is 72.9 Å². The number of carbonyl (C=O) groups is 1. The summed E-state index contributed by atoms with van der Waals surface area (Å²) >= 11 is 0. The first kappa shape index (κ1) is 21.3. The Kier molecular flexibility index (Phi) is 5.01. The average Bonchev–Trinajstić information content (AvgIpc) is 3.68. The zero-order chi connectivity index (χ0) is 24.0. The molecule has 1 spiro atoms. The first-order valence-corrected chi connectivity index (χ1v) is 11.7. The highest BCUT2D eigenvalue weighted by atomic mass is 16.5. The van der Waals surface area contributed by atoms with E-state index in [0.717, 1.165) is 41.9 Å². The van der Waals surface area contributed by atoms with Crippen molar-refractivity contribution in [2.24, 2.45) is 0 Å². The minimum Gasteiger partial charge on any atom is -0.482 e. The summed E-state index contributed by atoms with van der Waals surface area (Å²) in [5.41, 5.74) is 9.82. The quantitative estimate of drug-likeness (QED) is 0.486. The molecule has 0 radical (unpaired) electrons. The highest BCUT2D eigenvalue weighted by Crippen LogP contribution is 2.44. The first-order chi connectivity index (χ1) is 17.0. The number of hydrogen-bond donors (Lipinski definition) is 1. The maximum atomic E-state index is 12.8. The fourth-order valence-electron chi connectivity index (χ4n) is 5.15. The highest BCUT2D eigenvalue weighted by Gasteiger charge is 2.47. The molecular formula is C25H26N8O2. The van der Waals surface area contributed by atoms with Crippen LogP contribution >= 0.6 is 0 Å². The van der Waals surface area contributed by atoms with Crippen LogP contribution in [-0.4, -0.2) is 53.3 Å². The molecule has 0 aromatic carbocycles. The molecule has 4 aromatic rings. The van der Waals surface area contributed by atoms with Crippen LogP contribution in [0.2, 0.25) is 0 Å². The smallest absolute Gasteiger partial charge is 0.329 e. The number of carbonyl (C=O) groups excluding carboxylic acids is 1. The number of fused-ring (bicyclic) bond motifs is 2. The van der Waals surface area contributed by atoms with Gasteiger partial charge in [0.2, 0.25) is 0 Å². The van der Waals surface area contributed by atoms with E-state index in [1.807, 2.05) is 30.0 Å². The zero-order valence-electron chi connectivity index (χ0n) is 19.4. The minimum atomic E-state index is -0.226. The lowest BCUT2D eigenvalue weighted by Crippen LogP contribution is -2.35. The molecule has 2 atom stereocenters. The Morgan fingerprint density at radius 3 is 2.86 bits per heavy atom. The Morgan fingerprint density at radius 2 is 2.06 bits per heavy atom. The van der Waals surface area contributed by atoms with Gasteiger partial charge in [0.25, 0.3) is 0 Å². The molecule has 6 heterocycles. The number of likely N-dealkylation sites (tertiary alicyclic amines) is 1. The summed E-state index contributed by atoms with van der Waals surface area (Å²) in [6, 6.07) is 7.82. The number of aromatic nitrogens is 6. The number of rotatable bonds is 4. The Hall–Kier alpha value is -4.21. The van der Waals surface area contributed by atoms with Gasteiger partial charge in [0.05, 0.1) is 5.69 Å². The van der Waals surface area contributed by atoms with E-state index in [9.17, 15) is 4.79 Å². The Morgan fingerprint density at radius 1 is 1.17 bits per heavy atom. The third kappa shape index (κ3) is 3.71. The number of nitrogens with two attached hydrogens (primary N) is 1. The Labute approximate surface area is 202 Å². The van der Waals surface area contributed by atoms with Crippen LogP contribution in [0.15, 0.2) is 61.6 Å². The SMILES string of the molecule is C[C@@H](Oc1cc(-c2cc3n(n2)CCC32CCN(C(=O)n3ccnc3)C2)cnc1N)c1cccnc1. The number of hydrogen-bond acceptors (Lipinski definition) is 7. The van der Waals surface area contributed by atoms with Crippen molar-refractivity contribution in [1.29, 1.82) is 0 Å². The van der Waals surface area contributed by atoms with Gasteiger partial charge < -0.3 is 15.4 Å². The summed E-state index contributed by atoms with van der Waals surface area (Å²) < 4.78 is 9.72. The molecule has 1 saturated heterocycles. The first-order valence-electron chi connectivity index (χ1n) is 11.7. The molecule has 2 aliphatic rings. The summed E-state index contributed by atoms with van der Waals surface area (Å²) in [7, 11) is 0. The topological polar surface area (TPSA) is 117 Å². The van der Waals surface area contributed by atoms with Crippen LogP contribution in [0.3, 0.4) is 0 Å². The number of amides is 1. The average molecular weight is 471 g/mol. The lowest BCUT2D eigenvalue weighted by atomic mass is 9.82. The van der Waals surface area contributed by atoms with E-state index in [1.165, 1.54) is 4.57 Å². The van der Waals surface area contributed by atoms with E-state index < -0.39 is 0 Å². The lowest BCUT2D eigenvalue weighted by Gasteiger charge is -2.23. The van der Waals surface area contributed by atoms with Gasteiger partial charge in [0.15, 0.2) is 11.6 Å². The molecule has 35 heavy (non-hydrogen) atoms. The number of pyridine rings is 2. The summed E-state index contributed by atoms with van der Waals surface area (Å²) in [5.74, 6) is 0.844. The van der Waals surface area contributed by atoms with Gasteiger partial charge in [-0.3, -0.25) is 14.2 Å². The van der Waals surface area contributed by atoms with E-state index in [4.69, 9.17) is 15.6 Å². The molecular weight excluding hydrogens is 444 g/mol. The molecule has 178 valence electrons. The van der Waals surface area contributed by atoms with Crippen molar-refractivity contribution in [3.63, 3.8) is 0 Å². The van der Waals surface area contributed by atoms with Gasteiger partial charge in [-0.05, 0) is 38.0 Å². The molecule has 1 unspecified atom stereocenters. The van der Waals surface area contributed by atoms with Gasteiger partial charge in [-0.2, -0.15) is 5.10 Å². The number of ether oxygens (including phenoxy) is 1. The second-order valence-corrected chi connectivity index (χ2v) is 9.25. The summed E-state index contributed by atoms with van der Waals surface area (Å²) in [6.45, 7) is 4.17. The maximum Gasteiger partial charge on any atom is 0.329 e. The molecule has 10 nitrogen and oxygen atoms in total. The van der Waals surface area contributed by atoms with Crippen LogP contribution in [0.4, 0.5) is 10.6 Å². The minimum absolute atomic E-state index is 0.0372. The number of imidazole rings is 1. The molecule has 6 rings (SSSR count). The third-order valence-electron chi connectivity index (χ3n) is 7.11. The van der Waals surface area contributed by atoms with Crippen LogP contribution in [0, 0.1) is 0 Å². The molecule has 0 aliphatic carbocycles. The standard InChI is InChI=1S/C25H26N8O2/c1-17(18-3-2-6-27-13-18)35-21-11-19(14-29-23(21)26)20-12-22-25(5-9-33(22)30-20)4-8-31(15-25)24(34)32-10-7-28-16-32/h2-3,6-7,10-14,16-17H,4-5,8-9,15H2,1H3,(H2,26,29)/t17-,25?/m1/s1. The molecule has 2 aliphatic heterocycles. The van der Waals surface area contributed by atoms with E-state index in [-0.39, 0.29) is 17.6 Å². The Bertz CT molecular complexity index is 1370. The zero-order valence-corrected chi connectivity index (χ0v) is 19.4. The number of nitrogens with zero attached hydrogens (tertiary/aromatic N) is 7. The van der Waals surface area contributed by atoms with Crippen LogP contribution in [0.25, 0.3) is 11.3 Å². The van der Waals surface area contributed by atoms with Crippen molar-refractivity contribution in [3.8, 4) is 17.0 Å². The summed E-state index contributed by atoms with van der Waals surface area (Å²) in [5, 5.41) is 4.86. The Balaban J connectivity index is 1.24. The summed E-state index contributed by atoms with van der Waals surface area (Å²) in [6.07, 6.45) is 11.8. The van der Waals surface area contributed by atoms with Crippen molar-refractivity contribution in [2.75, 3.05) is 18.8 Å². The van der Waals surface area contributed by atoms with E-state index >= 15 is 0 Å². The fourth-order valence-corrected chi connectivity index (χ4v) is 5.15.